The van der Waals surface area contributed by atoms with Crippen molar-refractivity contribution >= 4 is 28.3 Å². The number of amides is 1. The molecule has 0 aliphatic heterocycles. The average Bonchev–Trinajstić information content (AvgIpc) is 3.22. The summed E-state index contributed by atoms with van der Waals surface area (Å²) in [5.41, 5.74) is 2.68. The van der Waals surface area contributed by atoms with E-state index in [1.807, 2.05) is 41.0 Å². The van der Waals surface area contributed by atoms with Gasteiger partial charge < -0.3 is 14.8 Å². The van der Waals surface area contributed by atoms with Gasteiger partial charge in [-0.25, -0.2) is 4.98 Å². The molecule has 0 radical (unpaired) electrons. The molecule has 1 heterocycles. The highest BCUT2D eigenvalue weighted by atomic mass is 16.6. The first-order valence-corrected chi connectivity index (χ1v) is 9.26. The standard InChI is InChI=1S/C22H18N4O5/c1-30-20-11-16(19(26(28)29)12-21(20)31-2)22(27)24-14-7-9-15(10-8-14)25-13-23-17-5-3-4-6-18(17)25/h3-13H,1-2H3,(H,24,27). The summed E-state index contributed by atoms with van der Waals surface area (Å²) in [6, 6.07) is 17.3. The molecule has 31 heavy (non-hydrogen) atoms. The molecule has 0 bridgehead atoms. The van der Waals surface area contributed by atoms with Gasteiger partial charge in [0.15, 0.2) is 11.5 Å². The van der Waals surface area contributed by atoms with E-state index in [-0.39, 0.29) is 22.7 Å². The van der Waals surface area contributed by atoms with Crippen LogP contribution < -0.4 is 14.8 Å². The monoisotopic (exact) mass is 418 g/mol. The molecule has 4 rings (SSSR count). The fraction of sp³-hybridized carbons (Fsp3) is 0.0909. The number of fused-ring (bicyclic) bond motifs is 1. The number of anilines is 1. The second kappa shape index (κ2) is 8.15. The Balaban J connectivity index is 1.61. The zero-order chi connectivity index (χ0) is 22.0. The molecule has 9 nitrogen and oxygen atoms in total. The van der Waals surface area contributed by atoms with Gasteiger partial charge in [-0.15, -0.1) is 0 Å². The van der Waals surface area contributed by atoms with Crippen LogP contribution in [0.5, 0.6) is 11.5 Å². The van der Waals surface area contributed by atoms with E-state index in [2.05, 4.69) is 10.3 Å². The number of nitro benzene ring substituents is 1. The summed E-state index contributed by atoms with van der Waals surface area (Å²) >= 11 is 0. The summed E-state index contributed by atoms with van der Waals surface area (Å²) in [6.45, 7) is 0. The van der Waals surface area contributed by atoms with Gasteiger partial charge in [-0.3, -0.25) is 19.5 Å². The molecular formula is C22H18N4O5. The molecule has 4 aromatic rings. The fourth-order valence-electron chi connectivity index (χ4n) is 3.27. The Labute approximate surface area is 177 Å². The number of nitro groups is 1. The lowest BCUT2D eigenvalue weighted by molar-refractivity contribution is -0.385. The maximum absolute atomic E-state index is 12.8. The van der Waals surface area contributed by atoms with Crippen LogP contribution in [0.15, 0.2) is 67.0 Å². The second-order valence-corrected chi connectivity index (χ2v) is 6.59. The van der Waals surface area contributed by atoms with Crippen molar-refractivity contribution in [1.29, 1.82) is 0 Å². The zero-order valence-electron chi connectivity index (χ0n) is 16.7. The van der Waals surface area contributed by atoms with E-state index in [1.54, 1.807) is 18.5 Å². The Morgan fingerprint density at radius 1 is 1.03 bits per heavy atom. The Morgan fingerprint density at radius 2 is 1.71 bits per heavy atom. The quantitative estimate of drug-likeness (QED) is 0.371. The number of methoxy groups -OCH3 is 2. The van der Waals surface area contributed by atoms with E-state index in [0.717, 1.165) is 16.7 Å². The van der Waals surface area contributed by atoms with Crippen LogP contribution in [0.4, 0.5) is 11.4 Å². The minimum absolute atomic E-state index is 0.132. The predicted octanol–water partition coefficient (Wildman–Crippen LogP) is 4.20. The van der Waals surface area contributed by atoms with Gasteiger partial charge in [0.2, 0.25) is 0 Å². The molecule has 0 aliphatic carbocycles. The van der Waals surface area contributed by atoms with Crippen molar-refractivity contribution in [1.82, 2.24) is 9.55 Å². The molecule has 156 valence electrons. The van der Waals surface area contributed by atoms with Crippen LogP contribution in [0.25, 0.3) is 16.7 Å². The van der Waals surface area contributed by atoms with Crippen molar-refractivity contribution < 1.29 is 19.2 Å². The maximum Gasteiger partial charge on any atom is 0.286 e. The summed E-state index contributed by atoms with van der Waals surface area (Å²) < 4.78 is 12.2. The molecule has 0 saturated heterocycles. The largest absolute Gasteiger partial charge is 0.493 e. The summed E-state index contributed by atoms with van der Waals surface area (Å²) in [6.07, 6.45) is 1.73. The number of imidazole rings is 1. The number of carbonyl (C=O) groups excluding carboxylic acids is 1. The van der Waals surface area contributed by atoms with Crippen LogP contribution >= 0.6 is 0 Å². The van der Waals surface area contributed by atoms with Crippen LogP contribution in [0.2, 0.25) is 0 Å². The number of aromatic nitrogens is 2. The fourth-order valence-corrected chi connectivity index (χ4v) is 3.27. The highest BCUT2D eigenvalue weighted by molar-refractivity contribution is 6.07. The number of para-hydroxylation sites is 2. The molecule has 0 spiro atoms. The number of hydrogen-bond acceptors (Lipinski definition) is 6. The lowest BCUT2D eigenvalue weighted by Gasteiger charge is -2.11. The van der Waals surface area contributed by atoms with Gasteiger partial charge in [-0.05, 0) is 36.4 Å². The molecule has 0 saturated carbocycles. The maximum atomic E-state index is 12.8. The van der Waals surface area contributed by atoms with Crippen molar-refractivity contribution in [3.63, 3.8) is 0 Å². The molecule has 1 N–H and O–H groups in total. The van der Waals surface area contributed by atoms with E-state index >= 15 is 0 Å². The summed E-state index contributed by atoms with van der Waals surface area (Å²) in [7, 11) is 2.76. The van der Waals surface area contributed by atoms with Crippen molar-refractivity contribution in [3.05, 3.63) is 82.7 Å². The number of benzene rings is 3. The third-order valence-electron chi connectivity index (χ3n) is 4.80. The van der Waals surface area contributed by atoms with E-state index in [0.29, 0.717) is 5.69 Å². The highest BCUT2D eigenvalue weighted by Crippen LogP contribution is 2.35. The van der Waals surface area contributed by atoms with Crippen molar-refractivity contribution in [2.45, 2.75) is 0 Å². The van der Waals surface area contributed by atoms with Crippen molar-refractivity contribution in [2.24, 2.45) is 0 Å². The molecule has 0 atom stereocenters. The number of carbonyl (C=O) groups is 1. The van der Waals surface area contributed by atoms with Gasteiger partial charge in [0, 0.05) is 17.4 Å². The van der Waals surface area contributed by atoms with Gasteiger partial charge in [0.05, 0.1) is 36.2 Å². The highest BCUT2D eigenvalue weighted by Gasteiger charge is 2.24. The van der Waals surface area contributed by atoms with E-state index in [9.17, 15) is 14.9 Å². The minimum Gasteiger partial charge on any atom is -0.493 e. The van der Waals surface area contributed by atoms with Crippen LogP contribution in [-0.2, 0) is 0 Å². The van der Waals surface area contributed by atoms with Gasteiger partial charge in [-0.1, -0.05) is 12.1 Å². The molecule has 1 aromatic heterocycles. The van der Waals surface area contributed by atoms with E-state index in [1.165, 1.54) is 26.4 Å². The lowest BCUT2D eigenvalue weighted by Crippen LogP contribution is -2.14. The van der Waals surface area contributed by atoms with Gasteiger partial charge >= 0.3 is 0 Å². The van der Waals surface area contributed by atoms with E-state index < -0.39 is 10.8 Å². The third kappa shape index (κ3) is 3.76. The first-order chi connectivity index (χ1) is 15.0. The Bertz CT molecular complexity index is 1280. The summed E-state index contributed by atoms with van der Waals surface area (Å²) in [5, 5.41) is 14.1. The third-order valence-corrected chi connectivity index (χ3v) is 4.80. The van der Waals surface area contributed by atoms with Gasteiger partial charge in [-0.2, -0.15) is 0 Å². The Hall–Kier alpha value is -4.40. The number of rotatable bonds is 6. The van der Waals surface area contributed by atoms with E-state index in [4.69, 9.17) is 9.47 Å². The topological polar surface area (TPSA) is 109 Å². The molecule has 0 unspecified atom stereocenters. The predicted molar refractivity (Wildman–Crippen MR) is 115 cm³/mol. The summed E-state index contributed by atoms with van der Waals surface area (Å²) in [4.78, 5) is 28.0. The molecule has 9 heteroatoms. The first kappa shape index (κ1) is 19.9. The number of nitrogens with one attached hydrogen (secondary N) is 1. The van der Waals surface area contributed by atoms with Crippen LogP contribution in [0.3, 0.4) is 0 Å². The Kier molecular flexibility index (Phi) is 5.23. The first-order valence-electron chi connectivity index (χ1n) is 9.26. The van der Waals surface area contributed by atoms with Crippen LogP contribution in [-0.4, -0.2) is 34.6 Å². The average molecular weight is 418 g/mol. The zero-order valence-corrected chi connectivity index (χ0v) is 16.7. The van der Waals surface area contributed by atoms with Crippen molar-refractivity contribution in [3.8, 4) is 17.2 Å². The minimum atomic E-state index is -0.635. The molecular weight excluding hydrogens is 400 g/mol. The normalized spacial score (nSPS) is 10.6. The molecule has 3 aromatic carbocycles. The summed E-state index contributed by atoms with van der Waals surface area (Å²) in [5.74, 6) is -0.239. The smallest absolute Gasteiger partial charge is 0.286 e. The van der Waals surface area contributed by atoms with Crippen molar-refractivity contribution in [2.75, 3.05) is 19.5 Å². The second-order valence-electron chi connectivity index (χ2n) is 6.59. The number of hydrogen-bond donors (Lipinski definition) is 1. The number of nitrogens with zero attached hydrogens (tertiary/aromatic N) is 3. The Morgan fingerprint density at radius 3 is 2.39 bits per heavy atom. The van der Waals surface area contributed by atoms with Gasteiger partial charge in [0.25, 0.3) is 11.6 Å². The molecule has 1 amide bonds. The van der Waals surface area contributed by atoms with Crippen LogP contribution in [0, 0.1) is 10.1 Å². The SMILES string of the molecule is COc1cc(C(=O)Nc2ccc(-n3cnc4ccccc43)cc2)c([N+](=O)[O-])cc1OC. The van der Waals surface area contributed by atoms with Crippen LogP contribution in [0.1, 0.15) is 10.4 Å². The molecule has 0 fully saturated rings. The molecule has 0 aliphatic rings. The van der Waals surface area contributed by atoms with Gasteiger partial charge in [0.1, 0.15) is 11.9 Å². The number of ether oxygens (including phenoxy) is 2. The lowest BCUT2D eigenvalue weighted by atomic mass is 10.1.